The van der Waals surface area contributed by atoms with Gasteiger partial charge in [0.2, 0.25) is 0 Å². The quantitative estimate of drug-likeness (QED) is 0.769. The molecule has 1 rings (SSSR count). The minimum absolute atomic E-state index is 0.284. The van der Waals surface area contributed by atoms with Crippen LogP contribution in [0, 0.1) is 13.8 Å². The van der Waals surface area contributed by atoms with Gasteiger partial charge >= 0.3 is 6.18 Å². The van der Waals surface area contributed by atoms with Gasteiger partial charge in [0.1, 0.15) is 0 Å². The normalized spacial score (nSPS) is 11.6. The SMILES string of the molecule is CCOc1sc(C(=O)C(F)(F)F)c(C)c1C. The van der Waals surface area contributed by atoms with E-state index in [0.29, 0.717) is 22.8 Å². The van der Waals surface area contributed by atoms with Crippen molar-refractivity contribution in [3.05, 3.63) is 16.0 Å². The van der Waals surface area contributed by atoms with Crippen LogP contribution in [0.5, 0.6) is 5.06 Å². The molecule has 2 nitrogen and oxygen atoms in total. The first kappa shape index (κ1) is 13.0. The predicted octanol–water partition coefficient (Wildman–Crippen LogP) is 3.51. The van der Waals surface area contributed by atoms with Crippen molar-refractivity contribution in [3.63, 3.8) is 0 Å². The Morgan fingerprint density at radius 1 is 1.31 bits per heavy atom. The molecule has 1 heterocycles. The van der Waals surface area contributed by atoms with E-state index in [0.717, 1.165) is 11.3 Å². The highest BCUT2D eigenvalue weighted by atomic mass is 32.1. The summed E-state index contributed by atoms with van der Waals surface area (Å²) < 4.78 is 41.9. The second-order valence-corrected chi connectivity index (χ2v) is 4.21. The maximum atomic E-state index is 12.3. The van der Waals surface area contributed by atoms with E-state index in [1.54, 1.807) is 13.8 Å². The van der Waals surface area contributed by atoms with Crippen molar-refractivity contribution in [1.82, 2.24) is 0 Å². The van der Waals surface area contributed by atoms with E-state index < -0.39 is 12.0 Å². The van der Waals surface area contributed by atoms with Crippen LogP contribution in [0.2, 0.25) is 0 Å². The molecule has 0 amide bonds. The molecule has 0 aliphatic heterocycles. The van der Waals surface area contributed by atoms with E-state index in [1.807, 2.05) is 0 Å². The van der Waals surface area contributed by atoms with Gasteiger partial charge in [-0.05, 0) is 26.3 Å². The predicted molar refractivity (Wildman–Crippen MR) is 55.3 cm³/mol. The molecule has 0 aliphatic rings. The molecule has 1 aromatic rings. The smallest absolute Gasteiger partial charge is 0.455 e. The van der Waals surface area contributed by atoms with Crippen molar-refractivity contribution < 1.29 is 22.7 Å². The van der Waals surface area contributed by atoms with Gasteiger partial charge in [-0.2, -0.15) is 13.2 Å². The molecule has 0 saturated carbocycles. The van der Waals surface area contributed by atoms with Gasteiger partial charge < -0.3 is 4.74 Å². The minimum Gasteiger partial charge on any atom is -0.484 e. The van der Waals surface area contributed by atoms with E-state index in [-0.39, 0.29) is 4.88 Å². The Hall–Kier alpha value is -1.04. The van der Waals surface area contributed by atoms with Crippen LogP contribution >= 0.6 is 11.3 Å². The van der Waals surface area contributed by atoms with Gasteiger partial charge in [0.15, 0.2) is 5.06 Å². The first-order valence-electron chi connectivity index (χ1n) is 4.63. The van der Waals surface area contributed by atoms with Gasteiger partial charge in [-0.25, -0.2) is 0 Å². The topological polar surface area (TPSA) is 26.3 Å². The standard InChI is InChI=1S/C10H11F3O2S/c1-4-15-9-6(3)5(2)7(16-9)8(14)10(11,12)13/h4H2,1-3H3. The highest BCUT2D eigenvalue weighted by Crippen LogP contribution is 2.37. The molecule has 0 unspecified atom stereocenters. The monoisotopic (exact) mass is 252 g/mol. The highest BCUT2D eigenvalue weighted by molar-refractivity contribution is 7.16. The molecule has 0 atom stereocenters. The molecule has 6 heteroatoms. The lowest BCUT2D eigenvalue weighted by Crippen LogP contribution is -2.22. The molecule has 90 valence electrons. The van der Waals surface area contributed by atoms with E-state index in [4.69, 9.17) is 4.74 Å². The number of carbonyl (C=O) groups is 1. The number of ether oxygens (including phenoxy) is 1. The summed E-state index contributed by atoms with van der Waals surface area (Å²) in [6, 6.07) is 0. The Morgan fingerprint density at radius 2 is 1.88 bits per heavy atom. The molecule has 0 radical (unpaired) electrons. The number of ketones is 1. The zero-order valence-corrected chi connectivity index (χ0v) is 9.88. The van der Waals surface area contributed by atoms with Crippen molar-refractivity contribution in [2.75, 3.05) is 6.61 Å². The number of carbonyl (C=O) groups excluding carboxylic acids is 1. The summed E-state index contributed by atoms with van der Waals surface area (Å²) in [5.41, 5.74) is 0.940. The van der Waals surface area contributed by atoms with Crippen molar-refractivity contribution >= 4 is 17.1 Å². The Balaban J connectivity index is 3.16. The summed E-state index contributed by atoms with van der Waals surface area (Å²) in [4.78, 5) is 10.8. The number of hydrogen-bond donors (Lipinski definition) is 0. The van der Waals surface area contributed by atoms with Crippen molar-refractivity contribution in [2.45, 2.75) is 26.9 Å². The van der Waals surface area contributed by atoms with Crippen molar-refractivity contribution in [3.8, 4) is 5.06 Å². The molecular weight excluding hydrogens is 241 g/mol. The first-order valence-corrected chi connectivity index (χ1v) is 5.45. The average molecular weight is 252 g/mol. The fourth-order valence-electron chi connectivity index (χ4n) is 1.18. The number of alkyl halides is 3. The van der Waals surface area contributed by atoms with Crippen molar-refractivity contribution in [2.24, 2.45) is 0 Å². The van der Waals surface area contributed by atoms with Gasteiger partial charge in [0.25, 0.3) is 5.78 Å². The fourth-order valence-corrected chi connectivity index (χ4v) is 2.37. The Kier molecular flexibility index (Phi) is 3.62. The Morgan fingerprint density at radius 3 is 2.31 bits per heavy atom. The molecule has 0 saturated heterocycles. The molecule has 0 spiro atoms. The van der Waals surface area contributed by atoms with Gasteiger partial charge in [-0.1, -0.05) is 11.3 Å². The van der Waals surface area contributed by atoms with E-state index in [2.05, 4.69) is 0 Å². The summed E-state index contributed by atoms with van der Waals surface area (Å²) in [6.45, 7) is 5.23. The number of Topliss-reactive ketones (excluding diaryl/α,β-unsaturated/α-hetero) is 1. The maximum Gasteiger partial charge on any atom is 0.455 e. The van der Waals surface area contributed by atoms with E-state index in [1.165, 1.54) is 6.92 Å². The maximum absolute atomic E-state index is 12.3. The number of rotatable bonds is 3. The van der Waals surface area contributed by atoms with E-state index in [9.17, 15) is 18.0 Å². The van der Waals surface area contributed by atoms with Crippen LogP contribution in [0.15, 0.2) is 0 Å². The van der Waals surface area contributed by atoms with Gasteiger partial charge in [0, 0.05) is 5.56 Å². The lowest BCUT2D eigenvalue weighted by Gasteiger charge is -2.03. The zero-order valence-electron chi connectivity index (χ0n) is 9.07. The van der Waals surface area contributed by atoms with Crippen LogP contribution in [0.25, 0.3) is 0 Å². The van der Waals surface area contributed by atoms with Crippen LogP contribution in [-0.2, 0) is 0 Å². The molecule has 0 fully saturated rings. The van der Waals surface area contributed by atoms with Crippen LogP contribution in [0.3, 0.4) is 0 Å². The largest absolute Gasteiger partial charge is 0.484 e. The van der Waals surface area contributed by atoms with Crippen LogP contribution in [-0.4, -0.2) is 18.6 Å². The molecule has 0 aromatic carbocycles. The fraction of sp³-hybridized carbons (Fsp3) is 0.500. The lowest BCUT2D eigenvalue weighted by molar-refractivity contribution is -0.0882. The molecule has 0 N–H and O–H groups in total. The summed E-state index contributed by atoms with van der Waals surface area (Å²) in [5, 5.41) is 0.382. The molecule has 0 aliphatic carbocycles. The van der Waals surface area contributed by atoms with Crippen LogP contribution in [0.4, 0.5) is 13.2 Å². The number of halogens is 3. The lowest BCUT2D eigenvalue weighted by atomic mass is 10.1. The summed E-state index contributed by atoms with van der Waals surface area (Å²) in [6.07, 6.45) is -4.83. The Bertz CT molecular complexity index is 407. The van der Waals surface area contributed by atoms with E-state index >= 15 is 0 Å². The average Bonchev–Trinajstić information content (AvgIpc) is 2.44. The van der Waals surface area contributed by atoms with Crippen LogP contribution in [0.1, 0.15) is 27.7 Å². The third kappa shape index (κ3) is 2.37. The third-order valence-electron chi connectivity index (χ3n) is 2.14. The van der Waals surface area contributed by atoms with Crippen molar-refractivity contribution in [1.29, 1.82) is 0 Å². The first-order chi connectivity index (χ1) is 7.29. The number of thiophene rings is 1. The molecule has 16 heavy (non-hydrogen) atoms. The van der Waals surface area contributed by atoms with Crippen LogP contribution < -0.4 is 4.74 Å². The summed E-state index contributed by atoms with van der Waals surface area (Å²) >= 11 is 0.754. The summed E-state index contributed by atoms with van der Waals surface area (Å²) in [5.74, 6) is -1.80. The molecule has 1 aromatic heterocycles. The third-order valence-corrected chi connectivity index (χ3v) is 3.45. The second-order valence-electron chi connectivity index (χ2n) is 3.23. The molecular formula is C10H11F3O2S. The van der Waals surface area contributed by atoms with Gasteiger partial charge in [-0.15, -0.1) is 0 Å². The minimum atomic E-state index is -4.83. The summed E-state index contributed by atoms with van der Waals surface area (Å²) in [7, 11) is 0. The highest BCUT2D eigenvalue weighted by Gasteiger charge is 2.41. The zero-order chi connectivity index (χ0) is 12.5. The number of hydrogen-bond acceptors (Lipinski definition) is 3. The van der Waals surface area contributed by atoms with Gasteiger partial charge in [0.05, 0.1) is 11.5 Å². The Labute approximate surface area is 95.0 Å². The molecule has 0 bridgehead atoms. The second kappa shape index (κ2) is 4.45. The van der Waals surface area contributed by atoms with Gasteiger partial charge in [-0.3, -0.25) is 4.79 Å².